The predicted molar refractivity (Wildman–Crippen MR) is 102 cm³/mol. The second kappa shape index (κ2) is 8.87. The highest BCUT2D eigenvalue weighted by molar-refractivity contribution is 9.10. The second-order valence-corrected chi connectivity index (χ2v) is 6.59. The third-order valence-electron chi connectivity index (χ3n) is 3.97. The van der Waals surface area contributed by atoms with Crippen LogP contribution < -0.4 is 14.8 Å². The average molecular weight is 407 g/mol. The zero-order valence-electron chi connectivity index (χ0n) is 14.9. The number of carbonyl (C=O) groups is 1. The summed E-state index contributed by atoms with van der Waals surface area (Å²) in [6.45, 7) is 0.497. The van der Waals surface area contributed by atoms with Gasteiger partial charge in [-0.2, -0.15) is 0 Å². The summed E-state index contributed by atoms with van der Waals surface area (Å²) in [5.74, 6) is 0.931. The van der Waals surface area contributed by atoms with Gasteiger partial charge in [0.25, 0.3) is 5.91 Å². The van der Waals surface area contributed by atoms with Crippen molar-refractivity contribution in [1.29, 1.82) is 0 Å². The number of hydrogen-bond acceptors (Lipinski definition) is 4. The van der Waals surface area contributed by atoms with E-state index < -0.39 is 0 Å². The first kappa shape index (κ1) is 19.3. The molecule has 1 unspecified atom stereocenters. The topological polar surface area (TPSA) is 50.8 Å². The number of hydrogen-bond donors (Lipinski definition) is 1. The highest BCUT2D eigenvalue weighted by Crippen LogP contribution is 2.35. The van der Waals surface area contributed by atoms with Crippen molar-refractivity contribution in [2.24, 2.45) is 0 Å². The molecular formula is C19H23BrN2O3. The molecule has 0 aliphatic heterocycles. The Hall–Kier alpha value is -2.05. The summed E-state index contributed by atoms with van der Waals surface area (Å²) in [5.41, 5.74) is 1.64. The van der Waals surface area contributed by atoms with Crippen LogP contribution in [0.1, 0.15) is 22.0 Å². The van der Waals surface area contributed by atoms with E-state index in [1.807, 2.05) is 32.3 Å². The maximum atomic E-state index is 12.6. The molecule has 2 aromatic carbocycles. The van der Waals surface area contributed by atoms with E-state index >= 15 is 0 Å². The van der Waals surface area contributed by atoms with Crippen LogP contribution in [0.2, 0.25) is 0 Å². The quantitative estimate of drug-likeness (QED) is 0.764. The zero-order chi connectivity index (χ0) is 18.4. The SMILES string of the molecule is COc1cc(C(=O)NCC(c2ccccc2)N(C)C)cc(OC)c1Br. The number of halogens is 1. The van der Waals surface area contributed by atoms with E-state index in [-0.39, 0.29) is 11.9 Å². The standard InChI is InChI=1S/C19H23BrN2O3/c1-22(2)15(13-8-6-5-7-9-13)12-21-19(23)14-10-16(24-3)18(20)17(11-14)25-4/h5-11,15H,12H2,1-4H3,(H,21,23). The first-order chi connectivity index (χ1) is 12.0. The minimum atomic E-state index is -0.174. The van der Waals surface area contributed by atoms with Crippen LogP contribution in [0.25, 0.3) is 0 Å². The predicted octanol–water partition coefficient (Wildman–Crippen LogP) is 3.50. The number of likely N-dealkylation sites (N-methyl/N-ethyl adjacent to an activating group) is 1. The fourth-order valence-electron chi connectivity index (χ4n) is 2.57. The summed E-state index contributed by atoms with van der Waals surface area (Å²) < 4.78 is 11.3. The average Bonchev–Trinajstić information content (AvgIpc) is 2.62. The molecular weight excluding hydrogens is 384 g/mol. The van der Waals surface area contributed by atoms with E-state index in [1.165, 1.54) is 0 Å². The first-order valence-corrected chi connectivity index (χ1v) is 8.68. The van der Waals surface area contributed by atoms with Crippen LogP contribution in [0.3, 0.4) is 0 Å². The van der Waals surface area contributed by atoms with Gasteiger partial charge in [-0.1, -0.05) is 30.3 Å². The van der Waals surface area contributed by atoms with E-state index in [0.717, 1.165) is 5.56 Å². The van der Waals surface area contributed by atoms with Gasteiger partial charge >= 0.3 is 0 Å². The van der Waals surface area contributed by atoms with Crippen molar-refractivity contribution in [3.05, 3.63) is 58.1 Å². The maximum absolute atomic E-state index is 12.6. The molecule has 0 saturated carbocycles. The Balaban J connectivity index is 2.16. The first-order valence-electron chi connectivity index (χ1n) is 7.89. The Kier molecular flexibility index (Phi) is 6.84. The fraction of sp³-hybridized carbons (Fsp3) is 0.316. The van der Waals surface area contributed by atoms with E-state index in [4.69, 9.17) is 9.47 Å². The number of ether oxygens (including phenoxy) is 2. The summed E-state index contributed by atoms with van der Waals surface area (Å²) in [6.07, 6.45) is 0. The Bertz CT molecular complexity index is 695. The van der Waals surface area contributed by atoms with Crippen molar-refractivity contribution in [3.63, 3.8) is 0 Å². The molecule has 1 atom stereocenters. The number of nitrogens with one attached hydrogen (secondary N) is 1. The van der Waals surface area contributed by atoms with Gasteiger partial charge in [-0.05, 0) is 47.7 Å². The molecule has 0 aliphatic rings. The molecule has 6 heteroatoms. The van der Waals surface area contributed by atoms with Gasteiger partial charge < -0.3 is 19.7 Å². The molecule has 5 nitrogen and oxygen atoms in total. The van der Waals surface area contributed by atoms with Gasteiger partial charge in [0.05, 0.1) is 20.3 Å². The highest BCUT2D eigenvalue weighted by atomic mass is 79.9. The summed E-state index contributed by atoms with van der Waals surface area (Å²) in [5, 5.41) is 2.99. The molecule has 1 N–H and O–H groups in total. The minimum Gasteiger partial charge on any atom is -0.495 e. The molecule has 0 radical (unpaired) electrons. The van der Waals surface area contributed by atoms with E-state index in [9.17, 15) is 4.79 Å². The van der Waals surface area contributed by atoms with Gasteiger partial charge in [0.15, 0.2) is 0 Å². The number of nitrogens with zero attached hydrogens (tertiary/aromatic N) is 1. The molecule has 0 heterocycles. The molecule has 0 spiro atoms. The lowest BCUT2D eigenvalue weighted by Gasteiger charge is -2.25. The van der Waals surface area contributed by atoms with Gasteiger partial charge in [0, 0.05) is 12.1 Å². The summed E-state index contributed by atoms with van der Waals surface area (Å²) in [6, 6.07) is 13.6. The number of methoxy groups -OCH3 is 2. The lowest BCUT2D eigenvalue weighted by Crippen LogP contribution is -2.34. The number of rotatable bonds is 7. The number of carbonyl (C=O) groups excluding carboxylic acids is 1. The van der Waals surface area contributed by atoms with Crippen LogP contribution in [-0.4, -0.2) is 45.7 Å². The minimum absolute atomic E-state index is 0.0874. The van der Waals surface area contributed by atoms with Crippen LogP contribution >= 0.6 is 15.9 Å². The lowest BCUT2D eigenvalue weighted by atomic mass is 10.1. The van der Waals surface area contributed by atoms with Crippen LogP contribution in [0.4, 0.5) is 0 Å². The summed E-state index contributed by atoms with van der Waals surface area (Å²) >= 11 is 3.41. The molecule has 25 heavy (non-hydrogen) atoms. The third kappa shape index (κ3) is 4.74. The van der Waals surface area contributed by atoms with Crippen molar-refractivity contribution < 1.29 is 14.3 Å². The van der Waals surface area contributed by atoms with Gasteiger partial charge in [-0.15, -0.1) is 0 Å². The van der Waals surface area contributed by atoms with Gasteiger partial charge in [-0.3, -0.25) is 4.79 Å². The largest absolute Gasteiger partial charge is 0.495 e. The number of amides is 1. The maximum Gasteiger partial charge on any atom is 0.251 e. The second-order valence-electron chi connectivity index (χ2n) is 5.79. The van der Waals surface area contributed by atoms with E-state index in [1.54, 1.807) is 26.4 Å². The fourth-order valence-corrected chi connectivity index (χ4v) is 3.12. The van der Waals surface area contributed by atoms with E-state index in [2.05, 4.69) is 38.3 Å². The monoisotopic (exact) mass is 406 g/mol. The Morgan fingerprint density at radius 1 is 1.12 bits per heavy atom. The molecule has 0 fully saturated rings. The molecule has 134 valence electrons. The smallest absolute Gasteiger partial charge is 0.251 e. The normalized spacial score (nSPS) is 11.9. The molecule has 2 aromatic rings. The van der Waals surface area contributed by atoms with Crippen molar-refractivity contribution in [1.82, 2.24) is 10.2 Å². The van der Waals surface area contributed by atoms with Crippen LogP contribution in [0.15, 0.2) is 46.9 Å². The van der Waals surface area contributed by atoms with Crippen molar-refractivity contribution in [3.8, 4) is 11.5 Å². The summed E-state index contributed by atoms with van der Waals surface area (Å²) in [7, 11) is 7.10. The van der Waals surface area contributed by atoms with E-state index in [0.29, 0.717) is 28.1 Å². The van der Waals surface area contributed by atoms with Gasteiger partial charge in [0.1, 0.15) is 16.0 Å². The molecule has 0 aliphatic carbocycles. The lowest BCUT2D eigenvalue weighted by molar-refractivity contribution is 0.0941. The van der Waals surface area contributed by atoms with Crippen LogP contribution in [0, 0.1) is 0 Å². The highest BCUT2D eigenvalue weighted by Gasteiger charge is 2.18. The summed E-state index contributed by atoms with van der Waals surface area (Å²) in [4.78, 5) is 14.7. The Labute approximate surface area is 157 Å². The molecule has 2 rings (SSSR count). The third-order valence-corrected chi connectivity index (χ3v) is 4.75. The van der Waals surface area contributed by atoms with Crippen molar-refractivity contribution in [2.75, 3.05) is 34.9 Å². The van der Waals surface area contributed by atoms with Crippen LogP contribution in [-0.2, 0) is 0 Å². The molecule has 1 amide bonds. The zero-order valence-corrected chi connectivity index (χ0v) is 16.5. The Morgan fingerprint density at radius 2 is 1.68 bits per heavy atom. The van der Waals surface area contributed by atoms with Crippen molar-refractivity contribution >= 4 is 21.8 Å². The Morgan fingerprint density at radius 3 is 2.16 bits per heavy atom. The molecule has 0 aromatic heterocycles. The van der Waals surface area contributed by atoms with Crippen molar-refractivity contribution in [2.45, 2.75) is 6.04 Å². The van der Waals surface area contributed by atoms with Gasteiger partial charge in [0.2, 0.25) is 0 Å². The number of benzene rings is 2. The molecule has 0 saturated heterocycles. The van der Waals surface area contributed by atoms with Crippen LogP contribution in [0.5, 0.6) is 11.5 Å². The van der Waals surface area contributed by atoms with Gasteiger partial charge in [-0.25, -0.2) is 0 Å². The molecule has 0 bridgehead atoms.